The Morgan fingerprint density at radius 2 is 2.09 bits per heavy atom. The van der Waals surface area contributed by atoms with Gasteiger partial charge in [0.15, 0.2) is 0 Å². The first kappa shape index (κ1) is 16.5. The van der Waals surface area contributed by atoms with Gasteiger partial charge in [0.25, 0.3) is 0 Å². The molecular weight excluding hydrogens is 312 g/mol. The lowest BCUT2D eigenvalue weighted by atomic mass is 10.0. The zero-order valence-electron chi connectivity index (χ0n) is 13.3. The van der Waals surface area contributed by atoms with E-state index in [1.54, 1.807) is 11.3 Å². The second-order valence-corrected chi connectivity index (χ2v) is 7.64. The molecule has 1 saturated carbocycles. The zero-order chi connectivity index (χ0) is 16.3. The molecule has 0 unspecified atom stereocenters. The van der Waals surface area contributed by atoms with Gasteiger partial charge in [0.2, 0.25) is 11.8 Å². The van der Waals surface area contributed by atoms with Gasteiger partial charge in [0, 0.05) is 37.4 Å². The number of hydrogen-bond acceptors (Lipinski definition) is 4. The molecule has 1 aromatic heterocycles. The Kier molecular flexibility index (Phi) is 5.02. The van der Waals surface area contributed by atoms with Gasteiger partial charge in [-0.2, -0.15) is 0 Å². The molecule has 0 spiro atoms. The highest BCUT2D eigenvalue weighted by Crippen LogP contribution is 2.28. The molecule has 1 aliphatic carbocycles. The summed E-state index contributed by atoms with van der Waals surface area (Å²) in [6.45, 7) is 1.72. The maximum atomic E-state index is 12.3. The number of fused-ring (bicyclic) bond motifs is 1. The predicted molar refractivity (Wildman–Crippen MR) is 89.1 cm³/mol. The van der Waals surface area contributed by atoms with Crippen LogP contribution in [0.5, 0.6) is 0 Å². The molecule has 3 rings (SSSR count). The number of carbonyl (C=O) groups excluding carboxylic acids is 2. The first-order chi connectivity index (χ1) is 11.1. The van der Waals surface area contributed by atoms with Crippen LogP contribution in [0.15, 0.2) is 11.4 Å². The third-order valence-corrected chi connectivity index (χ3v) is 5.90. The minimum Gasteiger partial charge on any atom is -0.388 e. The Balaban J connectivity index is 1.40. The number of nitrogens with one attached hydrogen (secondary N) is 1. The molecule has 2 heterocycles. The van der Waals surface area contributed by atoms with E-state index < -0.39 is 5.60 Å². The van der Waals surface area contributed by atoms with Gasteiger partial charge in [-0.25, -0.2) is 0 Å². The Labute approximate surface area is 140 Å². The molecule has 2 N–H and O–H groups in total. The molecule has 6 heteroatoms. The van der Waals surface area contributed by atoms with Gasteiger partial charge >= 0.3 is 0 Å². The van der Waals surface area contributed by atoms with Crippen LogP contribution in [-0.4, -0.2) is 40.5 Å². The molecule has 0 bridgehead atoms. The second-order valence-electron chi connectivity index (χ2n) is 6.64. The summed E-state index contributed by atoms with van der Waals surface area (Å²) in [5, 5.41) is 15.1. The molecule has 2 aliphatic rings. The minimum absolute atomic E-state index is 0.0385. The summed E-state index contributed by atoms with van der Waals surface area (Å²) in [5.74, 6) is -0.108. The van der Waals surface area contributed by atoms with Crippen LogP contribution in [-0.2, 0) is 22.6 Å². The van der Waals surface area contributed by atoms with Crippen molar-refractivity contribution < 1.29 is 14.7 Å². The van der Waals surface area contributed by atoms with Crippen molar-refractivity contribution in [2.24, 2.45) is 0 Å². The smallest absolute Gasteiger partial charge is 0.223 e. The largest absolute Gasteiger partial charge is 0.388 e. The molecule has 0 aromatic carbocycles. The number of hydrogen-bond donors (Lipinski definition) is 2. The summed E-state index contributed by atoms with van der Waals surface area (Å²) < 4.78 is 0. The van der Waals surface area contributed by atoms with E-state index in [1.807, 2.05) is 4.90 Å². The Bertz CT molecular complexity index is 578. The van der Waals surface area contributed by atoms with Crippen molar-refractivity contribution >= 4 is 23.2 Å². The van der Waals surface area contributed by atoms with Gasteiger partial charge in [-0.1, -0.05) is 12.8 Å². The highest BCUT2D eigenvalue weighted by atomic mass is 32.1. The quantitative estimate of drug-likeness (QED) is 0.862. The lowest BCUT2D eigenvalue weighted by molar-refractivity contribution is -0.134. The molecule has 1 aliphatic heterocycles. The monoisotopic (exact) mass is 336 g/mol. The molecule has 0 saturated heterocycles. The molecule has 23 heavy (non-hydrogen) atoms. The van der Waals surface area contributed by atoms with E-state index in [1.165, 1.54) is 10.4 Å². The van der Waals surface area contributed by atoms with Crippen LogP contribution in [0.3, 0.4) is 0 Å². The number of thiophene rings is 1. The number of carbonyl (C=O) groups is 2. The molecule has 5 nitrogen and oxygen atoms in total. The SMILES string of the molecule is O=C(CCC(=O)N1CCc2sccc2C1)NCC1(O)CCCC1. The van der Waals surface area contributed by atoms with E-state index in [0.29, 0.717) is 13.1 Å². The third kappa shape index (κ3) is 4.12. The second kappa shape index (κ2) is 7.01. The zero-order valence-corrected chi connectivity index (χ0v) is 14.2. The molecular formula is C17H24N2O3S. The van der Waals surface area contributed by atoms with Gasteiger partial charge in [-0.05, 0) is 36.3 Å². The van der Waals surface area contributed by atoms with Crippen LogP contribution in [0.2, 0.25) is 0 Å². The molecule has 126 valence electrons. The lowest BCUT2D eigenvalue weighted by Gasteiger charge is -2.27. The van der Waals surface area contributed by atoms with Crippen LogP contribution in [0.25, 0.3) is 0 Å². The summed E-state index contributed by atoms with van der Waals surface area (Å²) in [4.78, 5) is 27.4. The van der Waals surface area contributed by atoms with E-state index in [2.05, 4.69) is 16.8 Å². The Morgan fingerprint density at radius 3 is 2.87 bits per heavy atom. The fourth-order valence-electron chi connectivity index (χ4n) is 3.40. The number of aliphatic hydroxyl groups is 1. The highest BCUT2D eigenvalue weighted by molar-refractivity contribution is 7.10. The van der Waals surface area contributed by atoms with Crippen molar-refractivity contribution in [1.29, 1.82) is 0 Å². The van der Waals surface area contributed by atoms with Crippen molar-refractivity contribution in [3.63, 3.8) is 0 Å². The van der Waals surface area contributed by atoms with Crippen molar-refractivity contribution in [1.82, 2.24) is 10.2 Å². The molecule has 0 atom stereocenters. The number of amides is 2. The maximum absolute atomic E-state index is 12.3. The number of rotatable bonds is 5. The molecule has 2 amide bonds. The third-order valence-electron chi connectivity index (χ3n) is 4.88. The Hall–Kier alpha value is -1.40. The van der Waals surface area contributed by atoms with Crippen molar-refractivity contribution in [3.8, 4) is 0 Å². The fourth-order valence-corrected chi connectivity index (χ4v) is 4.29. The van der Waals surface area contributed by atoms with Gasteiger partial charge in [-0.15, -0.1) is 11.3 Å². The van der Waals surface area contributed by atoms with Crippen molar-refractivity contribution in [3.05, 3.63) is 21.9 Å². The summed E-state index contributed by atoms with van der Waals surface area (Å²) in [7, 11) is 0. The summed E-state index contributed by atoms with van der Waals surface area (Å²) in [5.41, 5.74) is 0.504. The number of nitrogens with zero attached hydrogens (tertiary/aromatic N) is 1. The summed E-state index contributed by atoms with van der Waals surface area (Å²) in [6.07, 6.45) is 4.89. The Morgan fingerprint density at radius 1 is 1.30 bits per heavy atom. The van der Waals surface area contributed by atoms with Crippen LogP contribution in [0.4, 0.5) is 0 Å². The molecule has 1 fully saturated rings. The standard InChI is InChI=1S/C17H24N2O3S/c20-15(18-12-17(22)7-1-2-8-17)3-4-16(21)19-9-5-14-13(11-19)6-10-23-14/h6,10,22H,1-5,7-9,11-12H2,(H,18,20). The van der Waals surface area contributed by atoms with Gasteiger partial charge in [0.05, 0.1) is 5.60 Å². The van der Waals surface area contributed by atoms with E-state index in [-0.39, 0.29) is 24.7 Å². The van der Waals surface area contributed by atoms with Crippen LogP contribution < -0.4 is 5.32 Å². The summed E-state index contributed by atoms with van der Waals surface area (Å²) in [6, 6.07) is 2.08. The highest BCUT2D eigenvalue weighted by Gasteiger charge is 2.31. The van der Waals surface area contributed by atoms with E-state index >= 15 is 0 Å². The van der Waals surface area contributed by atoms with Crippen molar-refractivity contribution in [2.45, 2.75) is 57.1 Å². The minimum atomic E-state index is -0.734. The van der Waals surface area contributed by atoms with E-state index in [0.717, 1.165) is 38.6 Å². The van der Waals surface area contributed by atoms with Crippen molar-refractivity contribution in [2.75, 3.05) is 13.1 Å². The lowest BCUT2D eigenvalue weighted by Crippen LogP contribution is -2.41. The average Bonchev–Trinajstić information content (AvgIpc) is 3.19. The normalized spacial score (nSPS) is 19.4. The van der Waals surface area contributed by atoms with E-state index in [4.69, 9.17) is 0 Å². The van der Waals surface area contributed by atoms with Crippen LogP contribution in [0.1, 0.15) is 49.0 Å². The topological polar surface area (TPSA) is 69.6 Å². The first-order valence-electron chi connectivity index (χ1n) is 8.38. The van der Waals surface area contributed by atoms with Crippen LogP contribution in [0, 0.1) is 0 Å². The van der Waals surface area contributed by atoms with Gasteiger partial charge < -0.3 is 15.3 Å². The van der Waals surface area contributed by atoms with Gasteiger partial charge in [-0.3, -0.25) is 9.59 Å². The van der Waals surface area contributed by atoms with Gasteiger partial charge in [0.1, 0.15) is 0 Å². The average molecular weight is 336 g/mol. The maximum Gasteiger partial charge on any atom is 0.223 e. The van der Waals surface area contributed by atoms with Crippen LogP contribution >= 0.6 is 11.3 Å². The predicted octanol–water partition coefficient (Wildman–Crippen LogP) is 1.83. The summed E-state index contributed by atoms with van der Waals surface area (Å²) >= 11 is 1.75. The first-order valence-corrected chi connectivity index (χ1v) is 9.26. The molecule has 1 aromatic rings. The van der Waals surface area contributed by atoms with E-state index in [9.17, 15) is 14.7 Å². The molecule has 0 radical (unpaired) electrons. The fraction of sp³-hybridized carbons (Fsp3) is 0.647.